The number of anilines is 1. The van der Waals surface area contributed by atoms with E-state index in [-0.39, 0.29) is 11.0 Å². The van der Waals surface area contributed by atoms with Crippen molar-refractivity contribution in [1.29, 1.82) is 0 Å². The quantitative estimate of drug-likeness (QED) is 0.590. The number of hydrogen-bond acceptors (Lipinski definition) is 5. The zero-order valence-electron chi connectivity index (χ0n) is 7.55. The summed E-state index contributed by atoms with van der Waals surface area (Å²) in [7, 11) is 0. The summed E-state index contributed by atoms with van der Waals surface area (Å²) in [6.45, 7) is 3.58. The van der Waals surface area contributed by atoms with Gasteiger partial charge in [-0.25, -0.2) is 0 Å². The molecule has 13 heavy (non-hydrogen) atoms. The molecule has 0 aliphatic rings. The minimum atomic E-state index is -0.876. The van der Waals surface area contributed by atoms with Crippen LogP contribution in [0.25, 0.3) is 0 Å². The first-order chi connectivity index (χ1) is 5.88. The van der Waals surface area contributed by atoms with Gasteiger partial charge in [0.05, 0.1) is 12.1 Å². The number of aromatic nitrogens is 2. The van der Waals surface area contributed by atoms with E-state index in [1.807, 2.05) is 0 Å². The average Bonchev–Trinajstić information content (AvgIpc) is 2.31. The average molecular weight is 187 g/mol. The maximum Gasteiger partial charge on any atom is 0.204 e. The Morgan fingerprint density at radius 1 is 1.54 bits per heavy atom. The zero-order valence-corrected chi connectivity index (χ0v) is 7.55. The van der Waals surface area contributed by atoms with E-state index in [1.54, 1.807) is 20.0 Å². The Balaban J connectivity index is 2.70. The summed E-state index contributed by atoms with van der Waals surface area (Å²) in [5.74, 6) is 0.0178. The zero-order chi connectivity index (χ0) is 10.1. The summed E-state index contributed by atoms with van der Waals surface area (Å²) in [6, 6.07) is 1.42. The monoisotopic (exact) mass is 187 g/mol. The molecule has 0 spiro atoms. The van der Waals surface area contributed by atoms with Gasteiger partial charge in [0.25, 0.3) is 0 Å². The summed E-state index contributed by atoms with van der Waals surface area (Å²) in [5.41, 5.74) is -0.876. The maximum absolute atomic E-state index is 9.42. The Morgan fingerprint density at radius 2 is 2.15 bits per heavy atom. The minimum Gasteiger partial charge on any atom is -0.389 e. The molecule has 1 aromatic rings. The fraction of sp³-hybridized carbons (Fsp3) is 0.571. The van der Waals surface area contributed by atoms with Crippen LogP contribution in [0.15, 0.2) is 12.3 Å². The summed E-state index contributed by atoms with van der Waals surface area (Å²) < 4.78 is 1.43. The van der Waals surface area contributed by atoms with Gasteiger partial charge in [0, 0.05) is 12.3 Å². The molecule has 0 bridgehead atoms. The van der Waals surface area contributed by atoms with E-state index in [2.05, 4.69) is 5.10 Å². The molecule has 0 atom stereocenters. The smallest absolute Gasteiger partial charge is 0.204 e. The molecule has 6 nitrogen and oxygen atoms in total. The second-order valence-corrected chi connectivity index (χ2v) is 3.47. The van der Waals surface area contributed by atoms with Crippen LogP contribution in [0.4, 0.5) is 5.82 Å². The van der Waals surface area contributed by atoms with Crippen LogP contribution in [-0.4, -0.2) is 30.9 Å². The standard InChI is InChI=1S/C7H13N3O3/c1-7(2,11)5-9-4-3-6(8-9)10(12)13/h3-4,11-13H,5H2,1-2H3. The molecular weight excluding hydrogens is 174 g/mol. The highest BCUT2D eigenvalue weighted by molar-refractivity contribution is 5.28. The van der Waals surface area contributed by atoms with Crippen molar-refractivity contribution in [2.75, 3.05) is 5.23 Å². The normalized spacial score (nSPS) is 11.8. The van der Waals surface area contributed by atoms with E-state index < -0.39 is 5.60 Å². The second-order valence-electron chi connectivity index (χ2n) is 3.47. The summed E-state index contributed by atoms with van der Waals surface area (Å²) in [4.78, 5) is 0. The van der Waals surface area contributed by atoms with Crippen molar-refractivity contribution in [3.05, 3.63) is 12.3 Å². The van der Waals surface area contributed by atoms with Gasteiger partial charge in [0.2, 0.25) is 5.82 Å². The Hall–Kier alpha value is -1.11. The van der Waals surface area contributed by atoms with E-state index in [9.17, 15) is 5.11 Å². The molecule has 0 radical (unpaired) electrons. The second kappa shape index (κ2) is 3.33. The molecule has 1 heterocycles. The first-order valence-electron chi connectivity index (χ1n) is 3.82. The van der Waals surface area contributed by atoms with Crippen molar-refractivity contribution >= 4 is 5.82 Å². The lowest BCUT2D eigenvalue weighted by atomic mass is 10.1. The number of rotatable bonds is 3. The van der Waals surface area contributed by atoms with Crippen molar-refractivity contribution in [1.82, 2.24) is 9.78 Å². The largest absolute Gasteiger partial charge is 0.389 e. The predicted molar refractivity (Wildman–Crippen MR) is 44.6 cm³/mol. The van der Waals surface area contributed by atoms with Gasteiger partial charge < -0.3 is 5.11 Å². The Labute approximate surface area is 75.5 Å². The molecule has 1 rings (SSSR count). The van der Waals surface area contributed by atoms with Gasteiger partial charge in [0.1, 0.15) is 0 Å². The van der Waals surface area contributed by atoms with Crippen LogP contribution >= 0.6 is 0 Å². The fourth-order valence-electron chi connectivity index (χ4n) is 0.942. The summed E-state index contributed by atoms with van der Waals surface area (Å²) in [5, 5.41) is 30.3. The highest BCUT2D eigenvalue weighted by Gasteiger charge is 2.14. The van der Waals surface area contributed by atoms with Crippen LogP contribution in [0.5, 0.6) is 0 Å². The topological polar surface area (TPSA) is 81.8 Å². The number of hydrogen-bond donors (Lipinski definition) is 3. The first-order valence-corrected chi connectivity index (χ1v) is 3.82. The lowest BCUT2D eigenvalue weighted by molar-refractivity contribution is 0.0251. The van der Waals surface area contributed by atoms with Gasteiger partial charge in [-0.3, -0.25) is 15.1 Å². The molecule has 1 aromatic heterocycles. The van der Waals surface area contributed by atoms with E-state index in [4.69, 9.17) is 10.4 Å². The minimum absolute atomic E-state index is 0.0178. The van der Waals surface area contributed by atoms with E-state index in [0.29, 0.717) is 6.54 Å². The molecular formula is C7H13N3O3. The van der Waals surface area contributed by atoms with E-state index in [0.717, 1.165) is 0 Å². The molecule has 0 amide bonds. The molecule has 0 aliphatic carbocycles. The molecule has 0 unspecified atom stereocenters. The van der Waals surface area contributed by atoms with Crippen LogP contribution in [0.2, 0.25) is 0 Å². The molecule has 0 fully saturated rings. The molecule has 3 N–H and O–H groups in total. The predicted octanol–water partition coefficient (Wildman–Crippen LogP) is 0.239. The number of nitrogens with zero attached hydrogens (tertiary/aromatic N) is 3. The summed E-state index contributed by atoms with van der Waals surface area (Å²) in [6.07, 6.45) is 1.55. The number of aliphatic hydroxyl groups is 1. The van der Waals surface area contributed by atoms with Crippen molar-refractivity contribution in [3.63, 3.8) is 0 Å². The van der Waals surface area contributed by atoms with Gasteiger partial charge in [-0.05, 0) is 13.8 Å². The van der Waals surface area contributed by atoms with Crippen LogP contribution < -0.4 is 5.23 Å². The Morgan fingerprint density at radius 3 is 2.54 bits per heavy atom. The highest BCUT2D eigenvalue weighted by Crippen LogP contribution is 2.09. The molecule has 0 aliphatic heterocycles. The van der Waals surface area contributed by atoms with Gasteiger partial charge in [-0.1, -0.05) is 0 Å². The SMILES string of the molecule is CC(C)(O)Cn1ccc(N(O)O)n1. The third-order valence-electron chi connectivity index (χ3n) is 1.38. The van der Waals surface area contributed by atoms with Crippen LogP contribution in [0, 0.1) is 0 Å². The van der Waals surface area contributed by atoms with Crippen molar-refractivity contribution in [2.24, 2.45) is 0 Å². The van der Waals surface area contributed by atoms with Crippen molar-refractivity contribution in [2.45, 2.75) is 26.0 Å². The molecule has 0 saturated heterocycles. The van der Waals surface area contributed by atoms with Gasteiger partial charge in [-0.15, -0.1) is 5.23 Å². The highest BCUT2D eigenvalue weighted by atomic mass is 16.8. The lowest BCUT2D eigenvalue weighted by Crippen LogP contribution is -2.26. The summed E-state index contributed by atoms with van der Waals surface area (Å²) >= 11 is 0. The fourth-order valence-corrected chi connectivity index (χ4v) is 0.942. The van der Waals surface area contributed by atoms with Crippen molar-refractivity contribution < 1.29 is 15.5 Å². The molecule has 0 saturated carbocycles. The van der Waals surface area contributed by atoms with Gasteiger partial charge >= 0.3 is 0 Å². The van der Waals surface area contributed by atoms with Crippen LogP contribution in [-0.2, 0) is 6.54 Å². The maximum atomic E-state index is 9.42. The van der Waals surface area contributed by atoms with Crippen LogP contribution in [0.1, 0.15) is 13.8 Å². The third-order valence-corrected chi connectivity index (χ3v) is 1.38. The molecule has 0 aromatic carbocycles. The third kappa shape index (κ3) is 3.02. The van der Waals surface area contributed by atoms with Crippen molar-refractivity contribution in [3.8, 4) is 0 Å². The van der Waals surface area contributed by atoms with Gasteiger partial charge in [-0.2, -0.15) is 5.10 Å². The van der Waals surface area contributed by atoms with E-state index in [1.165, 1.54) is 10.7 Å². The van der Waals surface area contributed by atoms with Gasteiger partial charge in [0.15, 0.2) is 0 Å². The Bertz CT molecular complexity index is 277. The molecule has 74 valence electrons. The molecule has 6 heteroatoms. The van der Waals surface area contributed by atoms with Crippen LogP contribution in [0.3, 0.4) is 0 Å². The Kier molecular flexibility index (Phi) is 2.55. The van der Waals surface area contributed by atoms with E-state index >= 15 is 0 Å². The first kappa shape index (κ1) is 9.97. The lowest BCUT2D eigenvalue weighted by Gasteiger charge is -2.16.